The molecule has 2 amide bonds. The number of carbonyl (C=O) groups is 1. The van der Waals surface area contributed by atoms with Gasteiger partial charge in [-0.3, -0.25) is 0 Å². The first kappa shape index (κ1) is 10.7. The molecule has 0 aromatic rings. The molecule has 0 aromatic carbocycles. The Morgan fingerprint density at radius 1 is 1.07 bits per heavy atom. The number of carbonyl (C=O) groups excluding carboxylic acids is 1. The van der Waals surface area contributed by atoms with Crippen LogP contribution < -0.4 is 16.0 Å². The fraction of sp³-hybridized carbons (Fsp3) is 0.909. The zero-order valence-corrected chi connectivity index (χ0v) is 9.22. The molecule has 86 valence electrons. The average Bonchev–Trinajstić information content (AvgIpc) is 2.95. The minimum Gasteiger partial charge on any atom is -0.338 e. The molecule has 2 aliphatic rings. The smallest absolute Gasteiger partial charge is 0.315 e. The van der Waals surface area contributed by atoms with Crippen LogP contribution in [0.3, 0.4) is 0 Å². The van der Waals surface area contributed by atoms with E-state index in [1.807, 2.05) is 0 Å². The molecular formula is C11H21N3O. The molecule has 2 aliphatic carbocycles. The van der Waals surface area contributed by atoms with Crippen LogP contribution >= 0.6 is 0 Å². The standard InChI is InChI=1S/C11H21N3O/c15-11(14-10-3-1-4-10)13-8-2-7-12-9-5-6-9/h9-10,12H,1-8H2,(H2,13,14,15). The van der Waals surface area contributed by atoms with Crippen molar-refractivity contribution < 1.29 is 4.79 Å². The molecule has 4 heteroatoms. The van der Waals surface area contributed by atoms with Gasteiger partial charge in [0.25, 0.3) is 0 Å². The van der Waals surface area contributed by atoms with Gasteiger partial charge >= 0.3 is 6.03 Å². The summed E-state index contributed by atoms with van der Waals surface area (Å²) in [5, 5.41) is 9.27. The minimum absolute atomic E-state index is 0.00567. The molecule has 0 aliphatic heterocycles. The summed E-state index contributed by atoms with van der Waals surface area (Å²) >= 11 is 0. The van der Waals surface area contributed by atoms with E-state index in [1.165, 1.54) is 19.3 Å². The molecule has 0 unspecified atom stereocenters. The van der Waals surface area contributed by atoms with Crippen LogP contribution in [0.5, 0.6) is 0 Å². The first-order valence-electron chi connectivity index (χ1n) is 6.12. The maximum absolute atomic E-state index is 11.3. The number of rotatable bonds is 6. The first-order valence-corrected chi connectivity index (χ1v) is 6.12. The van der Waals surface area contributed by atoms with E-state index in [0.29, 0.717) is 6.04 Å². The second-order valence-corrected chi connectivity index (χ2v) is 4.61. The predicted octanol–water partition coefficient (Wildman–Crippen LogP) is 0.980. The van der Waals surface area contributed by atoms with Gasteiger partial charge in [0.05, 0.1) is 0 Å². The van der Waals surface area contributed by atoms with Crippen molar-refractivity contribution in [2.24, 2.45) is 0 Å². The highest BCUT2D eigenvalue weighted by Crippen LogP contribution is 2.18. The number of urea groups is 1. The summed E-state index contributed by atoms with van der Waals surface area (Å²) in [5.41, 5.74) is 0. The van der Waals surface area contributed by atoms with Crippen LogP contribution in [-0.2, 0) is 0 Å². The molecule has 2 fully saturated rings. The summed E-state index contributed by atoms with van der Waals surface area (Å²) in [7, 11) is 0. The Labute approximate surface area is 91.2 Å². The predicted molar refractivity (Wildman–Crippen MR) is 59.8 cm³/mol. The highest BCUT2D eigenvalue weighted by molar-refractivity contribution is 5.74. The van der Waals surface area contributed by atoms with E-state index < -0.39 is 0 Å². The lowest BCUT2D eigenvalue weighted by atomic mass is 9.93. The third-order valence-corrected chi connectivity index (χ3v) is 3.09. The maximum atomic E-state index is 11.3. The molecule has 0 atom stereocenters. The zero-order chi connectivity index (χ0) is 10.5. The Morgan fingerprint density at radius 3 is 2.47 bits per heavy atom. The molecule has 2 rings (SSSR count). The second kappa shape index (κ2) is 5.35. The van der Waals surface area contributed by atoms with Gasteiger partial charge in [0.2, 0.25) is 0 Å². The monoisotopic (exact) mass is 211 g/mol. The molecule has 0 aromatic heterocycles. The van der Waals surface area contributed by atoms with Crippen LogP contribution in [0.4, 0.5) is 4.79 Å². The van der Waals surface area contributed by atoms with Gasteiger partial charge in [-0.15, -0.1) is 0 Å². The van der Waals surface area contributed by atoms with Crippen molar-refractivity contribution in [3.05, 3.63) is 0 Å². The van der Waals surface area contributed by atoms with E-state index in [-0.39, 0.29) is 6.03 Å². The lowest BCUT2D eigenvalue weighted by Gasteiger charge is -2.26. The van der Waals surface area contributed by atoms with Gasteiger partial charge in [-0.25, -0.2) is 4.79 Å². The second-order valence-electron chi connectivity index (χ2n) is 4.61. The quantitative estimate of drug-likeness (QED) is 0.574. The van der Waals surface area contributed by atoms with Crippen molar-refractivity contribution >= 4 is 6.03 Å². The molecular weight excluding hydrogens is 190 g/mol. The lowest BCUT2D eigenvalue weighted by molar-refractivity contribution is 0.228. The third-order valence-electron chi connectivity index (χ3n) is 3.09. The summed E-state index contributed by atoms with van der Waals surface area (Å²) in [6.07, 6.45) is 7.24. The number of amides is 2. The average molecular weight is 211 g/mol. The molecule has 2 saturated carbocycles. The lowest BCUT2D eigenvalue weighted by Crippen LogP contribution is -2.45. The molecule has 4 nitrogen and oxygen atoms in total. The van der Waals surface area contributed by atoms with Crippen LogP contribution in [0.15, 0.2) is 0 Å². The fourth-order valence-electron chi connectivity index (χ4n) is 1.67. The Bertz CT molecular complexity index is 212. The van der Waals surface area contributed by atoms with Crippen LogP contribution in [0, 0.1) is 0 Å². The summed E-state index contributed by atoms with van der Waals surface area (Å²) < 4.78 is 0. The van der Waals surface area contributed by atoms with Crippen molar-refractivity contribution in [3.63, 3.8) is 0 Å². The molecule has 0 heterocycles. The van der Waals surface area contributed by atoms with E-state index in [1.54, 1.807) is 0 Å². The van der Waals surface area contributed by atoms with Gasteiger partial charge in [-0.2, -0.15) is 0 Å². The molecule has 0 spiro atoms. The van der Waals surface area contributed by atoms with E-state index >= 15 is 0 Å². The normalized spacial score (nSPS) is 20.8. The fourth-order valence-corrected chi connectivity index (χ4v) is 1.67. The van der Waals surface area contributed by atoms with Gasteiger partial charge in [0, 0.05) is 18.6 Å². The molecule has 0 bridgehead atoms. The van der Waals surface area contributed by atoms with E-state index in [2.05, 4.69) is 16.0 Å². The van der Waals surface area contributed by atoms with Gasteiger partial charge in [-0.05, 0) is 45.1 Å². The van der Waals surface area contributed by atoms with Crippen molar-refractivity contribution in [2.75, 3.05) is 13.1 Å². The molecule has 15 heavy (non-hydrogen) atoms. The van der Waals surface area contributed by atoms with E-state index in [4.69, 9.17) is 0 Å². The summed E-state index contributed by atoms with van der Waals surface area (Å²) in [6.45, 7) is 1.80. The summed E-state index contributed by atoms with van der Waals surface area (Å²) in [4.78, 5) is 11.3. The molecule has 0 saturated heterocycles. The Hall–Kier alpha value is -0.770. The van der Waals surface area contributed by atoms with Crippen molar-refractivity contribution in [1.29, 1.82) is 0 Å². The van der Waals surface area contributed by atoms with Gasteiger partial charge in [0.1, 0.15) is 0 Å². The Balaban J connectivity index is 1.40. The third kappa shape index (κ3) is 4.08. The van der Waals surface area contributed by atoms with Crippen molar-refractivity contribution in [2.45, 2.75) is 50.6 Å². The first-order chi connectivity index (χ1) is 7.34. The van der Waals surface area contributed by atoms with Crippen molar-refractivity contribution in [3.8, 4) is 0 Å². The van der Waals surface area contributed by atoms with Crippen LogP contribution in [0.25, 0.3) is 0 Å². The SMILES string of the molecule is O=C(NCCCNC1CC1)NC1CCC1. The highest BCUT2D eigenvalue weighted by Gasteiger charge is 2.20. The maximum Gasteiger partial charge on any atom is 0.315 e. The largest absolute Gasteiger partial charge is 0.338 e. The van der Waals surface area contributed by atoms with Crippen LogP contribution in [-0.4, -0.2) is 31.2 Å². The summed E-state index contributed by atoms with van der Waals surface area (Å²) in [5.74, 6) is 0. The topological polar surface area (TPSA) is 53.2 Å². The van der Waals surface area contributed by atoms with Crippen molar-refractivity contribution in [1.82, 2.24) is 16.0 Å². The number of hydrogen-bond donors (Lipinski definition) is 3. The van der Waals surface area contributed by atoms with Crippen LogP contribution in [0.2, 0.25) is 0 Å². The molecule has 3 N–H and O–H groups in total. The van der Waals surface area contributed by atoms with Gasteiger partial charge in [0.15, 0.2) is 0 Å². The van der Waals surface area contributed by atoms with Gasteiger partial charge < -0.3 is 16.0 Å². The Kier molecular flexibility index (Phi) is 3.83. The minimum atomic E-state index is 0.00567. The van der Waals surface area contributed by atoms with E-state index in [9.17, 15) is 4.79 Å². The number of hydrogen-bond acceptors (Lipinski definition) is 2. The summed E-state index contributed by atoms with van der Waals surface area (Å²) in [6, 6.07) is 1.22. The van der Waals surface area contributed by atoms with Crippen LogP contribution in [0.1, 0.15) is 38.5 Å². The van der Waals surface area contributed by atoms with Gasteiger partial charge in [-0.1, -0.05) is 0 Å². The zero-order valence-electron chi connectivity index (χ0n) is 9.22. The van der Waals surface area contributed by atoms with E-state index in [0.717, 1.165) is 38.4 Å². The number of nitrogens with one attached hydrogen (secondary N) is 3. The Morgan fingerprint density at radius 2 is 1.87 bits per heavy atom. The molecule has 0 radical (unpaired) electrons. The highest BCUT2D eigenvalue weighted by atomic mass is 16.2.